The molecule has 0 saturated heterocycles. The summed E-state index contributed by atoms with van der Waals surface area (Å²) >= 11 is 9.70. The van der Waals surface area contributed by atoms with Gasteiger partial charge in [0.05, 0.1) is 19.3 Å². The molecule has 0 aliphatic carbocycles. The molecule has 0 spiro atoms. The van der Waals surface area contributed by atoms with Crippen LogP contribution in [-0.4, -0.2) is 18.8 Å². The third kappa shape index (κ3) is 3.70. The summed E-state index contributed by atoms with van der Waals surface area (Å²) in [6.07, 6.45) is 0. The van der Waals surface area contributed by atoms with Crippen molar-refractivity contribution in [3.05, 3.63) is 57.5 Å². The zero-order chi connectivity index (χ0) is 15.5. The van der Waals surface area contributed by atoms with Crippen LogP contribution in [0.15, 0.2) is 46.9 Å². The molecule has 0 aromatic heterocycles. The third-order valence-electron chi connectivity index (χ3n) is 3.33. The standard InChI is InChI=1S/C16H17BrClNO2/c1-16(10-20,14-7-6-11(17)8-15(14)18)19-12-4-3-5-13(9-12)21-2/h3-9,19-20H,10H2,1-2H3. The molecular formula is C16H17BrClNO2. The van der Waals surface area contributed by atoms with Crippen LogP contribution in [0, 0.1) is 0 Å². The van der Waals surface area contributed by atoms with E-state index in [1.165, 1.54) is 0 Å². The zero-order valence-corrected chi connectivity index (χ0v) is 14.2. The summed E-state index contributed by atoms with van der Waals surface area (Å²) in [4.78, 5) is 0. The van der Waals surface area contributed by atoms with Crippen molar-refractivity contribution < 1.29 is 9.84 Å². The van der Waals surface area contributed by atoms with E-state index in [9.17, 15) is 5.11 Å². The van der Waals surface area contributed by atoms with Crippen molar-refractivity contribution >= 4 is 33.2 Å². The van der Waals surface area contributed by atoms with E-state index in [1.54, 1.807) is 7.11 Å². The molecule has 0 aliphatic rings. The van der Waals surface area contributed by atoms with Gasteiger partial charge < -0.3 is 15.2 Å². The van der Waals surface area contributed by atoms with Crippen LogP contribution in [0.1, 0.15) is 12.5 Å². The Hall–Kier alpha value is -1.23. The molecule has 21 heavy (non-hydrogen) atoms. The van der Waals surface area contributed by atoms with Gasteiger partial charge >= 0.3 is 0 Å². The topological polar surface area (TPSA) is 41.5 Å². The summed E-state index contributed by atoms with van der Waals surface area (Å²) in [5, 5.41) is 13.8. The first-order valence-corrected chi connectivity index (χ1v) is 7.64. The molecule has 2 aromatic rings. The molecule has 112 valence electrons. The number of benzene rings is 2. The number of methoxy groups -OCH3 is 1. The number of ether oxygens (including phenoxy) is 1. The summed E-state index contributed by atoms with van der Waals surface area (Å²) in [5.41, 5.74) is 0.993. The van der Waals surface area contributed by atoms with Crippen LogP contribution < -0.4 is 10.1 Å². The Balaban J connectivity index is 2.36. The van der Waals surface area contributed by atoms with Crippen LogP contribution in [0.4, 0.5) is 5.69 Å². The van der Waals surface area contributed by atoms with Gasteiger partial charge in [0.25, 0.3) is 0 Å². The van der Waals surface area contributed by atoms with Crippen LogP contribution in [0.5, 0.6) is 5.75 Å². The van der Waals surface area contributed by atoms with E-state index in [1.807, 2.05) is 49.4 Å². The largest absolute Gasteiger partial charge is 0.497 e. The number of rotatable bonds is 5. The van der Waals surface area contributed by atoms with Crippen molar-refractivity contribution in [2.45, 2.75) is 12.5 Å². The van der Waals surface area contributed by atoms with Crippen molar-refractivity contribution in [1.82, 2.24) is 0 Å². The average Bonchev–Trinajstić information content (AvgIpc) is 2.47. The summed E-state index contributed by atoms with van der Waals surface area (Å²) < 4.78 is 6.11. The van der Waals surface area contributed by atoms with Crippen LogP contribution in [0.2, 0.25) is 5.02 Å². The monoisotopic (exact) mass is 369 g/mol. The number of hydrogen-bond acceptors (Lipinski definition) is 3. The molecule has 0 bridgehead atoms. The van der Waals surface area contributed by atoms with Crippen molar-refractivity contribution in [2.24, 2.45) is 0 Å². The lowest BCUT2D eigenvalue weighted by Crippen LogP contribution is -2.36. The van der Waals surface area contributed by atoms with Crippen LogP contribution >= 0.6 is 27.5 Å². The Kier molecular flexibility index (Phi) is 5.14. The maximum atomic E-state index is 9.86. The maximum Gasteiger partial charge on any atom is 0.120 e. The van der Waals surface area contributed by atoms with Gasteiger partial charge in [-0.05, 0) is 36.8 Å². The minimum absolute atomic E-state index is 0.0917. The first-order valence-electron chi connectivity index (χ1n) is 6.47. The quantitative estimate of drug-likeness (QED) is 0.818. The average molecular weight is 371 g/mol. The highest BCUT2D eigenvalue weighted by Gasteiger charge is 2.28. The van der Waals surface area contributed by atoms with Gasteiger partial charge in [0, 0.05) is 21.2 Å². The molecule has 0 radical (unpaired) electrons. The van der Waals surface area contributed by atoms with E-state index in [-0.39, 0.29) is 6.61 Å². The summed E-state index contributed by atoms with van der Waals surface area (Å²) in [6.45, 7) is 1.81. The van der Waals surface area contributed by atoms with E-state index < -0.39 is 5.54 Å². The third-order valence-corrected chi connectivity index (χ3v) is 4.14. The number of anilines is 1. The number of nitrogens with one attached hydrogen (secondary N) is 1. The van der Waals surface area contributed by atoms with Gasteiger partial charge in [-0.25, -0.2) is 0 Å². The van der Waals surface area contributed by atoms with Gasteiger partial charge in [-0.3, -0.25) is 0 Å². The van der Waals surface area contributed by atoms with E-state index >= 15 is 0 Å². The highest BCUT2D eigenvalue weighted by atomic mass is 79.9. The lowest BCUT2D eigenvalue weighted by molar-refractivity contribution is 0.224. The molecule has 2 rings (SSSR count). The molecule has 0 fully saturated rings. The van der Waals surface area contributed by atoms with Gasteiger partial charge in [0.2, 0.25) is 0 Å². The second-order valence-corrected chi connectivity index (χ2v) is 6.29. The molecule has 5 heteroatoms. The Morgan fingerprint density at radius 2 is 2.05 bits per heavy atom. The van der Waals surface area contributed by atoms with Crippen molar-refractivity contribution in [1.29, 1.82) is 0 Å². The van der Waals surface area contributed by atoms with E-state index in [4.69, 9.17) is 16.3 Å². The minimum Gasteiger partial charge on any atom is -0.497 e. The molecule has 0 heterocycles. The highest BCUT2D eigenvalue weighted by molar-refractivity contribution is 9.10. The van der Waals surface area contributed by atoms with Crippen LogP contribution in [0.25, 0.3) is 0 Å². The predicted octanol–water partition coefficient (Wildman–Crippen LogP) is 4.43. The van der Waals surface area contributed by atoms with Gasteiger partial charge in [-0.1, -0.05) is 39.7 Å². The zero-order valence-electron chi connectivity index (χ0n) is 11.9. The lowest BCUT2D eigenvalue weighted by atomic mass is 9.92. The SMILES string of the molecule is COc1cccc(NC(C)(CO)c2ccc(Br)cc2Cl)c1. The normalized spacial score (nSPS) is 13.6. The molecular weight excluding hydrogens is 354 g/mol. The fraction of sp³-hybridized carbons (Fsp3) is 0.250. The van der Waals surface area contributed by atoms with Crippen molar-refractivity contribution in [3.63, 3.8) is 0 Å². The van der Waals surface area contributed by atoms with Gasteiger partial charge in [0.1, 0.15) is 5.75 Å². The first-order chi connectivity index (χ1) is 9.98. The number of hydrogen-bond donors (Lipinski definition) is 2. The second-order valence-electron chi connectivity index (χ2n) is 4.97. The van der Waals surface area contributed by atoms with E-state index in [0.717, 1.165) is 21.5 Å². The molecule has 2 aromatic carbocycles. The maximum absolute atomic E-state index is 9.86. The first kappa shape index (κ1) is 16.1. The fourth-order valence-electron chi connectivity index (χ4n) is 2.15. The van der Waals surface area contributed by atoms with Gasteiger partial charge in [0.15, 0.2) is 0 Å². The van der Waals surface area contributed by atoms with Crippen LogP contribution in [-0.2, 0) is 5.54 Å². The minimum atomic E-state index is -0.690. The van der Waals surface area contributed by atoms with Gasteiger partial charge in [-0.15, -0.1) is 0 Å². The molecule has 3 nitrogen and oxygen atoms in total. The molecule has 0 amide bonds. The smallest absolute Gasteiger partial charge is 0.120 e. The van der Waals surface area contributed by atoms with Crippen molar-refractivity contribution in [2.75, 3.05) is 19.0 Å². The Bertz CT molecular complexity index is 635. The number of halogens is 2. The fourth-order valence-corrected chi connectivity index (χ4v) is 3.03. The summed E-state index contributed by atoms with van der Waals surface area (Å²) in [7, 11) is 1.62. The van der Waals surface area contributed by atoms with Crippen molar-refractivity contribution in [3.8, 4) is 5.75 Å². The number of aliphatic hydroxyl groups excluding tert-OH is 1. The Morgan fingerprint density at radius 3 is 2.67 bits per heavy atom. The van der Waals surface area contributed by atoms with Gasteiger partial charge in [-0.2, -0.15) is 0 Å². The second kappa shape index (κ2) is 6.69. The predicted molar refractivity (Wildman–Crippen MR) is 90.2 cm³/mol. The Labute approximate surface area is 138 Å². The summed E-state index contributed by atoms with van der Waals surface area (Å²) in [5.74, 6) is 0.752. The van der Waals surface area contributed by atoms with Crippen LogP contribution in [0.3, 0.4) is 0 Å². The number of aliphatic hydroxyl groups is 1. The highest BCUT2D eigenvalue weighted by Crippen LogP contribution is 2.33. The molecule has 0 saturated carbocycles. The molecule has 0 aliphatic heterocycles. The Morgan fingerprint density at radius 1 is 1.29 bits per heavy atom. The van der Waals surface area contributed by atoms with E-state index in [0.29, 0.717) is 5.02 Å². The molecule has 1 unspecified atom stereocenters. The summed E-state index contributed by atoms with van der Waals surface area (Å²) in [6, 6.07) is 13.2. The molecule has 1 atom stereocenters. The lowest BCUT2D eigenvalue weighted by Gasteiger charge is -2.31. The molecule has 2 N–H and O–H groups in total. The van der Waals surface area contributed by atoms with E-state index in [2.05, 4.69) is 21.2 Å².